The van der Waals surface area contributed by atoms with Crippen LogP contribution >= 0.6 is 0 Å². The van der Waals surface area contributed by atoms with E-state index in [-0.39, 0.29) is 5.41 Å². The Bertz CT molecular complexity index is 523. The normalized spacial score (nSPS) is 18.4. The summed E-state index contributed by atoms with van der Waals surface area (Å²) in [5.74, 6) is 0. The summed E-state index contributed by atoms with van der Waals surface area (Å²) in [6.45, 7) is 17.1. The van der Waals surface area contributed by atoms with E-state index < -0.39 is 0 Å². The molecule has 0 spiro atoms. The largest absolute Gasteiger partial charge is 0.299 e. The van der Waals surface area contributed by atoms with Crippen LogP contribution in [0.1, 0.15) is 26.2 Å². The van der Waals surface area contributed by atoms with Crippen LogP contribution in [-0.2, 0) is 0 Å². The number of rotatable bonds is 7. The second-order valence-electron chi connectivity index (χ2n) is 6.35. The van der Waals surface area contributed by atoms with Crippen molar-refractivity contribution in [3.63, 3.8) is 0 Å². The van der Waals surface area contributed by atoms with Crippen LogP contribution in [0.5, 0.6) is 0 Å². The van der Waals surface area contributed by atoms with Crippen molar-refractivity contribution in [3.8, 4) is 6.07 Å². The fourth-order valence-electron chi connectivity index (χ4n) is 2.52. The highest BCUT2D eigenvalue weighted by Crippen LogP contribution is 2.33. The molecule has 1 heterocycles. The Balaban J connectivity index is 2.43. The van der Waals surface area contributed by atoms with Gasteiger partial charge in [0.25, 0.3) is 0 Å². The van der Waals surface area contributed by atoms with E-state index >= 15 is 0 Å². The Morgan fingerprint density at radius 1 is 1.23 bits per heavy atom. The van der Waals surface area contributed by atoms with Crippen molar-refractivity contribution in [2.45, 2.75) is 26.2 Å². The van der Waals surface area contributed by atoms with Gasteiger partial charge >= 0.3 is 0 Å². The van der Waals surface area contributed by atoms with Gasteiger partial charge in [-0.15, -0.1) is 0 Å². The van der Waals surface area contributed by atoms with Gasteiger partial charge in [-0.2, -0.15) is 5.26 Å². The van der Waals surface area contributed by atoms with E-state index in [1.54, 1.807) is 13.3 Å². The highest BCUT2D eigenvalue weighted by Gasteiger charge is 2.29. The lowest BCUT2D eigenvalue weighted by Crippen LogP contribution is -2.39. The van der Waals surface area contributed by atoms with Crippen LogP contribution in [0.2, 0.25) is 0 Å². The number of aliphatic imine (C=N–C) groups is 1. The van der Waals surface area contributed by atoms with Gasteiger partial charge in [0.05, 0.1) is 6.07 Å². The molecule has 1 aliphatic heterocycles. The molecular weight excluding hydrogens is 270 g/mol. The molecule has 1 fully saturated rings. The van der Waals surface area contributed by atoms with E-state index in [1.807, 2.05) is 12.2 Å². The van der Waals surface area contributed by atoms with Gasteiger partial charge in [-0.05, 0) is 48.1 Å². The number of nitriles is 1. The molecule has 0 amide bonds. The maximum Gasteiger partial charge on any atom is 0.0627 e. The summed E-state index contributed by atoms with van der Waals surface area (Å²) in [5, 5.41) is 8.89. The third-order valence-corrected chi connectivity index (χ3v) is 4.21. The average Bonchev–Trinajstić information content (AvgIpc) is 2.48. The topological polar surface area (TPSA) is 39.4 Å². The Morgan fingerprint density at radius 3 is 2.41 bits per heavy atom. The fourth-order valence-corrected chi connectivity index (χ4v) is 2.52. The van der Waals surface area contributed by atoms with Crippen molar-refractivity contribution in [1.82, 2.24) is 4.90 Å². The Kier molecular flexibility index (Phi) is 7.01. The number of hydrogen-bond donors (Lipinski definition) is 0. The average molecular weight is 297 g/mol. The van der Waals surface area contributed by atoms with Crippen molar-refractivity contribution in [2.24, 2.45) is 10.4 Å². The van der Waals surface area contributed by atoms with Gasteiger partial charge in [-0.25, -0.2) is 0 Å². The summed E-state index contributed by atoms with van der Waals surface area (Å²) in [6.07, 6.45) is 8.46. The third-order valence-electron chi connectivity index (χ3n) is 4.21. The van der Waals surface area contributed by atoms with E-state index in [9.17, 15) is 0 Å². The molecule has 0 saturated carbocycles. The van der Waals surface area contributed by atoms with Crippen molar-refractivity contribution in [1.29, 1.82) is 5.26 Å². The second kappa shape index (κ2) is 8.51. The van der Waals surface area contributed by atoms with Gasteiger partial charge < -0.3 is 0 Å². The number of allylic oxidation sites excluding steroid dienone is 3. The van der Waals surface area contributed by atoms with Gasteiger partial charge in [0, 0.05) is 26.2 Å². The number of piperidine rings is 1. The maximum atomic E-state index is 8.89. The number of hydrogen-bond acceptors (Lipinski definition) is 3. The van der Waals surface area contributed by atoms with Gasteiger partial charge in [-0.3, -0.25) is 9.89 Å². The zero-order chi connectivity index (χ0) is 16.6. The van der Waals surface area contributed by atoms with Crippen LogP contribution in [0, 0.1) is 16.7 Å². The predicted octanol–water partition coefficient (Wildman–Crippen LogP) is 3.93. The molecule has 1 rings (SSSR count). The summed E-state index contributed by atoms with van der Waals surface area (Å²) in [7, 11) is 1.72. The monoisotopic (exact) mass is 297 g/mol. The molecular formula is C19H27N3. The molecule has 3 nitrogen and oxygen atoms in total. The number of likely N-dealkylation sites (tertiary alicyclic amines) is 1. The standard InChI is InChI=1S/C19H27N3/c1-16(6-7-17(2)18(3)14-21-5)15-22-12-9-19(4,8-11-20)10-13-22/h6-7,14H,1-3,8-10,12-13,15H2,4-5H3/b7-6-,21-14?. The molecule has 0 aromatic rings. The number of nitrogens with zero attached hydrogens (tertiary/aromatic N) is 3. The molecule has 0 aliphatic carbocycles. The maximum absolute atomic E-state index is 8.89. The summed E-state index contributed by atoms with van der Waals surface area (Å²) in [4.78, 5) is 6.33. The second-order valence-corrected chi connectivity index (χ2v) is 6.35. The summed E-state index contributed by atoms with van der Waals surface area (Å²) in [5.41, 5.74) is 2.92. The summed E-state index contributed by atoms with van der Waals surface area (Å²) >= 11 is 0. The first-order valence-electron chi connectivity index (χ1n) is 7.66. The van der Waals surface area contributed by atoms with Crippen molar-refractivity contribution in [3.05, 3.63) is 48.6 Å². The van der Waals surface area contributed by atoms with E-state index in [1.165, 1.54) is 0 Å². The zero-order valence-electron chi connectivity index (χ0n) is 13.9. The predicted molar refractivity (Wildman–Crippen MR) is 95.0 cm³/mol. The molecule has 0 N–H and O–H groups in total. The van der Waals surface area contributed by atoms with Gasteiger partial charge in [0.15, 0.2) is 0 Å². The zero-order valence-corrected chi connectivity index (χ0v) is 13.9. The molecule has 0 aromatic heterocycles. The molecule has 0 bridgehead atoms. The molecule has 0 aromatic carbocycles. The van der Waals surface area contributed by atoms with E-state index in [4.69, 9.17) is 5.26 Å². The minimum atomic E-state index is 0.188. The van der Waals surface area contributed by atoms with E-state index in [0.29, 0.717) is 6.42 Å². The molecule has 0 unspecified atom stereocenters. The van der Waals surface area contributed by atoms with Crippen LogP contribution in [0.4, 0.5) is 0 Å². The van der Waals surface area contributed by atoms with Crippen LogP contribution in [-0.4, -0.2) is 37.8 Å². The van der Waals surface area contributed by atoms with Crippen LogP contribution in [0.3, 0.4) is 0 Å². The molecule has 3 heteroatoms. The quantitative estimate of drug-likeness (QED) is 0.527. The van der Waals surface area contributed by atoms with Crippen LogP contribution in [0.25, 0.3) is 0 Å². The fraction of sp³-hybridized carbons (Fsp3) is 0.474. The Hall–Kier alpha value is -1.92. The lowest BCUT2D eigenvalue weighted by Gasteiger charge is -2.38. The first kappa shape index (κ1) is 18.1. The van der Waals surface area contributed by atoms with Crippen LogP contribution < -0.4 is 0 Å². The van der Waals surface area contributed by atoms with E-state index in [2.05, 4.69) is 42.6 Å². The van der Waals surface area contributed by atoms with Gasteiger partial charge in [0.2, 0.25) is 0 Å². The van der Waals surface area contributed by atoms with Crippen molar-refractivity contribution in [2.75, 3.05) is 26.7 Å². The summed E-state index contributed by atoms with van der Waals surface area (Å²) in [6, 6.07) is 2.31. The Morgan fingerprint density at radius 2 is 1.86 bits per heavy atom. The van der Waals surface area contributed by atoms with E-state index in [0.717, 1.165) is 49.2 Å². The minimum absolute atomic E-state index is 0.188. The lowest BCUT2D eigenvalue weighted by atomic mass is 9.78. The molecule has 0 atom stereocenters. The molecule has 0 radical (unpaired) electrons. The molecule has 22 heavy (non-hydrogen) atoms. The van der Waals surface area contributed by atoms with Crippen molar-refractivity contribution >= 4 is 6.21 Å². The molecule has 118 valence electrons. The first-order chi connectivity index (χ1) is 10.4. The SMILES string of the molecule is C=C(/C=C\C(=C)C(=C)C=NC)CN1CCC(C)(CC#N)CC1. The lowest BCUT2D eigenvalue weighted by molar-refractivity contribution is 0.130. The Labute approximate surface area is 135 Å². The van der Waals surface area contributed by atoms with Gasteiger partial charge in [0.1, 0.15) is 0 Å². The first-order valence-corrected chi connectivity index (χ1v) is 7.66. The van der Waals surface area contributed by atoms with Crippen LogP contribution in [0.15, 0.2) is 53.6 Å². The smallest absolute Gasteiger partial charge is 0.0627 e. The molecule has 1 saturated heterocycles. The highest BCUT2D eigenvalue weighted by molar-refractivity contribution is 5.84. The minimum Gasteiger partial charge on any atom is -0.299 e. The highest BCUT2D eigenvalue weighted by atomic mass is 15.1. The molecule has 1 aliphatic rings. The summed E-state index contributed by atoms with van der Waals surface area (Å²) < 4.78 is 0. The third kappa shape index (κ3) is 5.83. The van der Waals surface area contributed by atoms with Gasteiger partial charge in [-0.1, -0.05) is 38.8 Å². The van der Waals surface area contributed by atoms with Crippen molar-refractivity contribution < 1.29 is 0 Å².